The van der Waals surface area contributed by atoms with Gasteiger partial charge in [-0.2, -0.15) is 13.5 Å². The van der Waals surface area contributed by atoms with E-state index in [2.05, 4.69) is 9.93 Å². The van der Waals surface area contributed by atoms with Crippen LogP contribution in [0.1, 0.15) is 19.4 Å². The number of ether oxygens (including phenoxy) is 2. The third-order valence-electron chi connectivity index (χ3n) is 3.14. The predicted molar refractivity (Wildman–Crippen MR) is 103 cm³/mol. The van der Waals surface area contributed by atoms with Crippen LogP contribution in [0.25, 0.3) is 0 Å². The number of nitrogens with zero attached hydrogens (tertiary/aromatic N) is 1. The average molecular weight is 417 g/mol. The molecule has 0 unspecified atom stereocenters. The first kappa shape index (κ1) is 20.4. The van der Waals surface area contributed by atoms with E-state index >= 15 is 0 Å². The van der Waals surface area contributed by atoms with Gasteiger partial charge in [-0.05, 0) is 55.8 Å². The van der Waals surface area contributed by atoms with Crippen molar-refractivity contribution >= 4 is 39.4 Å². The quantitative estimate of drug-likeness (QED) is 0.518. The van der Waals surface area contributed by atoms with Gasteiger partial charge < -0.3 is 9.47 Å². The van der Waals surface area contributed by atoms with Crippen molar-refractivity contribution in [1.29, 1.82) is 0 Å². The Balaban J connectivity index is 2.11. The number of nitrogens with one attached hydrogen (secondary N) is 1. The molecule has 2 aromatic carbocycles. The van der Waals surface area contributed by atoms with Gasteiger partial charge in [-0.1, -0.05) is 23.2 Å². The van der Waals surface area contributed by atoms with E-state index in [1.807, 2.05) is 13.8 Å². The van der Waals surface area contributed by atoms with Crippen molar-refractivity contribution < 1.29 is 17.9 Å². The molecule has 2 aromatic rings. The highest BCUT2D eigenvalue weighted by Gasteiger charge is 2.13. The van der Waals surface area contributed by atoms with Crippen molar-refractivity contribution in [2.45, 2.75) is 18.7 Å². The van der Waals surface area contributed by atoms with Crippen LogP contribution in [0.5, 0.6) is 11.5 Å². The first-order valence-electron chi connectivity index (χ1n) is 7.77. The van der Waals surface area contributed by atoms with Crippen molar-refractivity contribution in [2.75, 3.05) is 13.2 Å². The zero-order valence-electron chi connectivity index (χ0n) is 14.2. The molecule has 0 amide bonds. The summed E-state index contributed by atoms with van der Waals surface area (Å²) in [6, 6.07) is 9.18. The Hall–Kier alpha value is -1.96. The van der Waals surface area contributed by atoms with Crippen molar-refractivity contribution in [1.82, 2.24) is 4.83 Å². The Morgan fingerprint density at radius 3 is 2.15 bits per heavy atom. The summed E-state index contributed by atoms with van der Waals surface area (Å²) in [7, 11) is -3.79. The third kappa shape index (κ3) is 5.27. The second-order valence-electron chi connectivity index (χ2n) is 5.00. The third-order valence-corrected chi connectivity index (χ3v) is 4.94. The minimum Gasteiger partial charge on any atom is -0.494 e. The summed E-state index contributed by atoms with van der Waals surface area (Å²) in [5.74, 6) is 0.969. The number of halogens is 2. The van der Waals surface area contributed by atoms with E-state index in [4.69, 9.17) is 32.7 Å². The van der Waals surface area contributed by atoms with E-state index in [0.717, 1.165) is 0 Å². The molecule has 9 heteroatoms. The average Bonchev–Trinajstić information content (AvgIpc) is 2.59. The largest absolute Gasteiger partial charge is 0.494 e. The van der Waals surface area contributed by atoms with Crippen molar-refractivity contribution in [3.05, 3.63) is 52.0 Å². The summed E-state index contributed by atoms with van der Waals surface area (Å²) in [6.07, 6.45) is 1.31. The molecule has 0 aliphatic carbocycles. The minimum absolute atomic E-state index is 0.0702. The van der Waals surface area contributed by atoms with Gasteiger partial charge in [0, 0.05) is 0 Å². The fourth-order valence-electron chi connectivity index (χ4n) is 2.04. The van der Waals surface area contributed by atoms with E-state index in [-0.39, 0.29) is 4.90 Å². The summed E-state index contributed by atoms with van der Waals surface area (Å²) < 4.78 is 35.1. The summed E-state index contributed by atoms with van der Waals surface area (Å²) in [6.45, 7) is 4.59. The molecule has 0 heterocycles. The molecule has 26 heavy (non-hydrogen) atoms. The van der Waals surface area contributed by atoms with E-state index in [0.29, 0.717) is 40.3 Å². The van der Waals surface area contributed by atoms with E-state index < -0.39 is 10.0 Å². The molecule has 6 nitrogen and oxygen atoms in total. The first-order chi connectivity index (χ1) is 12.4. The van der Waals surface area contributed by atoms with Crippen LogP contribution >= 0.6 is 23.2 Å². The number of hydrogen-bond donors (Lipinski definition) is 1. The molecule has 0 radical (unpaired) electrons. The zero-order valence-corrected chi connectivity index (χ0v) is 16.5. The molecule has 0 saturated heterocycles. The summed E-state index contributed by atoms with van der Waals surface area (Å²) in [4.78, 5) is 2.21. The number of hydrogen-bond acceptors (Lipinski definition) is 5. The normalized spacial score (nSPS) is 11.5. The predicted octanol–water partition coefficient (Wildman–Crippen LogP) is 4.10. The number of benzene rings is 2. The van der Waals surface area contributed by atoms with E-state index in [1.54, 1.807) is 24.3 Å². The van der Waals surface area contributed by atoms with Gasteiger partial charge in [-0.25, -0.2) is 4.83 Å². The standard InChI is InChI=1S/C17H18Cl2N2O4S/c1-3-24-13-5-7-14(8-6-13)26(22,23)21-20-11-12-9-15(18)17(25-4-2)16(19)10-12/h5-11,21H,3-4H2,1-2H3/b20-11+. The van der Waals surface area contributed by atoms with Gasteiger partial charge in [-0.3, -0.25) is 0 Å². The molecule has 2 rings (SSSR count). The maximum absolute atomic E-state index is 12.2. The fraction of sp³-hybridized carbons (Fsp3) is 0.235. The zero-order chi connectivity index (χ0) is 19.2. The van der Waals surface area contributed by atoms with Crippen LogP contribution in [-0.2, 0) is 10.0 Å². The molecular formula is C17H18Cl2N2O4S. The maximum Gasteiger partial charge on any atom is 0.276 e. The van der Waals surface area contributed by atoms with Crippen molar-refractivity contribution in [3.8, 4) is 11.5 Å². The molecule has 0 bridgehead atoms. The molecule has 0 aliphatic heterocycles. The Bertz CT molecular complexity index is 861. The molecule has 0 atom stereocenters. The molecule has 0 aliphatic rings. The molecule has 0 aromatic heterocycles. The lowest BCUT2D eigenvalue weighted by Crippen LogP contribution is -2.18. The van der Waals surface area contributed by atoms with Crippen LogP contribution in [0.2, 0.25) is 10.0 Å². The van der Waals surface area contributed by atoms with Crippen molar-refractivity contribution in [2.24, 2.45) is 5.10 Å². The van der Waals surface area contributed by atoms with E-state index in [1.165, 1.54) is 18.3 Å². The van der Waals surface area contributed by atoms with Crippen LogP contribution < -0.4 is 14.3 Å². The highest BCUT2D eigenvalue weighted by molar-refractivity contribution is 7.89. The second kappa shape index (κ2) is 9.12. The topological polar surface area (TPSA) is 77.0 Å². The molecule has 0 spiro atoms. The van der Waals surface area contributed by atoms with Crippen LogP contribution in [-0.4, -0.2) is 27.8 Å². The maximum atomic E-state index is 12.2. The summed E-state index contributed by atoms with van der Waals surface area (Å²) in [5, 5.41) is 4.38. The number of rotatable bonds is 8. The first-order valence-corrected chi connectivity index (χ1v) is 10.0. The van der Waals surface area contributed by atoms with E-state index in [9.17, 15) is 8.42 Å². The van der Waals surface area contributed by atoms with Gasteiger partial charge in [0.2, 0.25) is 0 Å². The molecule has 1 N–H and O–H groups in total. The Labute approximate surface area is 162 Å². The summed E-state index contributed by atoms with van der Waals surface area (Å²) >= 11 is 12.2. The molecule has 140 valence electrons. The Morgan fingerprint density at radius 2 is 1.62 bits per heavy atom. The van der Waals surface area contributed by atoms with Gasteiger partial charge in [0.1, 0.15) is 5.75 Å². The van der Waals surface area contributed by atoms with Gasteiger partial charge in [0.25, 0.3) is 10.0 Å². The SMILES string of the molecule is CCOc1ccc(S(=O)(=O)N/N=C/c2cc(Cl)c(OCC)c(Cl)c2)cc1. The van der Waals surface area contributed by atoms with Gasteiger partial charge in [-0.15, -0.1) is 0 Å². The highest BCUT2D eigenvalue weighted by atomic mass is 35.5. The fourth-order valence-corrected chi connectivity index (χ4v) is 3.45. The van der Waals surface area contributed by atoms with Crippen LogP contribution in [0, 0.1) is 0 Å². The number of sulfonamides is 1. The van der Waals surface area contributed by atoms with Gasteiger partial charge in [0.15, 0.2) is 5.75 Å². The van der Waals surface area contributed by atoms with Crippen molar-refractivity contribution in [3.63, 3.8) is 0 Å². The second-order valence-corrected chi connectivity index (χ2v) is 7.48. The van der Waals surface area contributed by atoms with Gasteiger partial charge in [0.05, 0.1) is 34.4 Å². The van der Waals surface area contributed by atoms with Crippen LogP contribution in [0.3, 0.4) is 0 Å². The molecule has 0 fully saturated rings. The highest BCUT2D eigenvalue weighted by Crippen LogP contribution is 2.33. The Kier molecular flexibility index (Phi) is 7.14. The lowest BCUT2D eigenvalue weighted by molar-refractivity contribution is 0.340. The number of hydrazone groups is 1. The molecular weight excluding hydrogens is 399 g/mol. The van der Waals surface area contributed by atoms with Gasteiger partial charge >= 0.3 is 0 Å². The smallest absolute Gasteiger partial charge is 0.276 e. The monoisotopic (exact) mass is 416 g/mol. The lowest BCUT2D eigenvalue weighted by atomic mass is 10.2. The lowest BCUT2D eigenvalue weighted by Gasteiger charge is -2.08. The van der Waals surface area contributed by atoms with Crippen LogP contribution in [0.4, 0.5) is 0 Å². The molecule has 0 saturated carbocycles. The van der Waals surface area contributed by atoms with Crippen LogP contribution in [0.15, 0.2) is 46.4 Å². The minimum atomic E-state index is -3.79. The Morgan fingerprint density at radius 1 is 1.04 bits per heavy atom. The summed E-state index contributed by atoms with van der Waals surface area (Å²) in [5.41, 5.74) is 0.526.